The highest BCUT2D eigenvalue weighted by Gasteiger charge is 2.46. The first-order valence-corrected chi connectivity index (χ1v) is 11.2. The standard InChI is InChI=1S/C28H27NO7/c1-33-19-12-10-18(11-13-19)25-24(26(30)20-7-5-6-8-21(20)34-2)27(31)28(32)29(25)16-17-9-14-22(35-3)23(15-17)36-4/h5-15,25,30H,16H2,1-4H3/b26-24+. The van der Waals surface area contributed by atoms with E-state index in [4.69, 9.17) is 18.9 Å². The molecule has 4 rings (SSSR count). The monoisotopic (exact) mass is 489 g/mol. The highest BCUT2D eigenvalue weighted by molar-refractivity contribution is 6.46. The van der Waals surface area contributed by atoms with E-state index in [0.29, 0.717) is 34.1 Å². The molecular weight excluding hydrogens is 462 g/mol. The number of rotatable bonds is 8. The fourth-order valence-electron chi connectivity index (χ4n) is 4.34. The average Bonchev–Trinajstić information content (AvgIpc) is 3.17. The number of ketones is 1. The van der Waals surface area contributed by atoms with E-state index in [1.165, 1.54) is 26.2 Å². The molecule has 1 N–H and O–H groups in total. The van der Waals surface area contributed by atoms with Crippen LogP contribution in [0.1, 0.15) is 22.7 Å². The summed E-state index contributed by atoms with van der Waals surface area (Å²) in [7, 11) is 6.10. The maximum Gasteiger partial charge on any atom is 0.295 e. The predicted octanol–water partition coefficient (Wildman–Crippen LogP) is 4.34. The summed E-state index contributed by atoms with van der Waals surface area (Å²) in [6, 6.07) is 18.3. The Bertz CT molecular complexity index is 1310. The minimum atomic E-state index is -0.839. The molecule has 1 heterocycles. The normalized spacial score (nSPS) is 16.7. The molecule has 0 saturated carbocycles. The first-order valence-electron chi connectivity index (χ1n) is 11.2. The molecule has 8 heteroatoms. The lowest BCUT2D eigenvalue weighted by molar-refractivity contribution is -0.140. The van der Waals surface area contributed by atoms with Gasteiger partial charge in [0.15, 0.2) is 11.5 Å². The molecule has 0 bridgehead atoms. The molecular formula is C28H27NO7. The van der Waals surface area contributed by atoms with Crippen molar-refractivity contribution in [3.8, 4) is 23.0 Å². The molecule has 1 aliphatic heterocycles. The van der Waals surface area contributed by atoms with Gasteiger partial charge in [0.2, 0.25) is 0 Å². The van der Waals surface area contributed by atoms with E-state index >= 15 is 0 Å². The summed E-state index contributed by atoms with van der Waals surface area (Å²) < 4.78 is 21.4. The van der Waals surface area contributed by atoms with Gasteiger partial charge in [0.25, 0.3) is 11.7 Å². The average molecular weight is 490 g/mol. The summed E-state index contributed by atoms with van der Waals surface area (Å²) >= 11 is 0. The zero-order valence-corrected chi connectivity index (χ0v) is 20.5. The van der Waals surface area contributed by atoms with Gasteiger partial charge in [-0.05, 0) is 47.5 Å². The molecule has 0 spiro atoms. The number of benzene rings is 3. The van der Waals surface area contributed by atoms with E-state index in [1.807, 2.05) is 0 Å². The number of hydrogen-bond acceptors (Lipinski definition) is 7. The first-order chi connectivity index (χ1) is 17.4. The van der Waals surface area contributed by atoms with E-state index in [-0.39, 0.29) is 17.9 Å². The van der Waals surface area contributed by atoms with Gasteiger partial charge in [-0.25, -0.2) is 0 Å². The molecule has 1 unspecified atom stereocenters. The molecule has 1 aliphatic rings. The highest BCUT2D eigenvalue weighted by atomic mass is 16.5. The van der Waals surface area contributed by atoms with Crippen molar-refractivity contribution in [3.63, 3.8) is 0 Å². The second-order valence-electron chi connectivity index (χ2n) is 8.09. The molecule has 1 atom stereocenters. The van der Waals surface area contributed by atoms with Gasteiger partial charge < -0.3 is 29.0 Å². The number of aliphatic hydroxyl groups excluding tert-OH is 1. The Morgan fingerprint density at radius 3 is 2.11 bits per heavy atom. The molecule has 0 aromatic heterocycles. The number of carbonyl (C=O) groups excluding carboxylic acids is 2. The van der Waals surface area contributed by atoms with Crippen LogP contribution in [0.2, 0.25) is 0 Å². The van der Waals surface area contributed by atoms with Crippen LogP contribution in [-0.2, 0) is 16.1 Å². The van der Waals surface area contributed by atoms with E-state index in [0.717, 1.165) is 5.56 Å². The lowest BCUT2D eigenvalue weighted by atomic mass is 9.94. The Morgan fingerprint density at radius 2 is 1.47 bits per heavy atom. The zero-order chi connectivity index (χ0) is 25.8. The van der Waals surface area contributed by atoms with E-state index in [1.54, 1.807) is 73.8 Å². The van der Waals surface area contributed by atoms with E-state index in [2.05, 4.69) is 0 Å². The molecule has 0 radical (unpaired) electrons. The Morgan fingerprint density at radius 1 is 0.806 bits per heavy atom. The lowest BCUT2D eigenvalue weighted by Gasteiger charge is -2.26. The molecule has 1 saturated heterocycles. The van der Waals surface area contributed by atoms with Crippen LogP contribution in [0.15, 0.2) is 72.3 Å². The van der Waals surface area contributed by atoms with Crippen molar-refractivity contribution in [1.29, 1.82) is 0 Å². The summed E-state index contributed by atoms with van der Waals surface area (Å²) in [6.45, 7) is 0.102. The summed E-state index contributed by atoms with van der Waals surface area (Å²) in [6.07, 6.45) is 0. The second-order valence-corrected chi connectivity index (χ2v) is 8.09. The maximum absolute atomic E-state index is 13.3. The highest BCUT2D eigenvalue weighted by Crippen LogP contribution is 2.42. The number of carbonyl (C=O) groups is 2. The van der Waals surface area contributed by atoms with Crippen LogP contribution in [0.4, 0.5) is 0 Å². The number of hydrogen-bond donors (Lipinski definition) is 1. The molecule has 3 aromatic rings. The van der Waals surface area contributed by atoms with Gasteiger partial charge in [0, 0.05) is 6.54 Å². The summed E-state index contributed by atoms with van der Waals surface area (Å²) in [4.78, 5) is 28.1. The van der Waals surface area contributed by atoms with Crippen molar-refractivity contribution in [2.75, 3.05) is 28.4 Å². The molecule has 186 valence electrons. The fraction of sp³-hybridized carbons (Fsp3) is 0.214. The number of likely N-dealkylation sites (tertiary alicyclic amines) is 1. The number of amides is 1. The van der Waals surface area contributed by atoms with Gasteiger partial charge in [-0.1, -0.05) is 30.3 Å². The van der Waals surface area contributed by atoms with Crippen LogP contribution in [-0.4, -0.2) is 50.1 Å². The minimum Gasteiger partial charge on any atom is -0.507 e. The Labute approximate surface area is 209 Å². The summed E-state index contributed by atoms with van der Waals surface area (Å²) in [5.41, 5.74) is 1.68. The number of methoxy groups -OCH3 is 4. The SMILES string of the molecule is COc1ccc(C2/C(=C(\O)c3ccccc3OC)C(=O)C(=O)N2Cc2ccc(OC)c(OC)c2)cc1. The number of Topliss-reactive ketones (excluding diaryl/α,β-unsaturated/α-hetero) is 1. The zero-order valence-electron chi connectivity index (χ0n) is 20.5. The van der Waals surface area contributed by atoms with Gasteiger partial charge in [-0.2, -0.15) is 0 Å². The van der Waals surface area contributed by atoms with Crippen molar-refractivity contribution in [2.24, 2.45) is 0 Å². The summed E-state index contributed by atoms with van der Waals surface area (Å²) in [5, 5.41) is 11.3. The largest absolute Gasteiger partial charge is 0.507 e. The van der Waals surface area contributed by atoms with Crippen LogP contribution in [0, 0.1) is 0 Å². The third-order valence-electron chi connectivity index (χ3n) is 6.13. The predicted molar refractivity (Wildman–Crippen MR) is 133 cm³/mol. The van der Waals surface area contributed by atoms with E-state index < -0.39 is 17.7 Å². The van der Waals surface area contributed by atoms with Gasteiger partial charge in [-0.3, -0.25) is 9.59 Å². The third-order valence-corrected chi connectivity index (χ3v) is 6.13. The van der Waals surface area contributed by atoms with Crippen molar-refractivity contribution in [2.45, 2.75) is 12.6 Å². The molecule has 0 aliphatic carbocycles. The van der Waals surface area contributed by atoms with Crippen molar-refractivity contribution >= 4 is 17.4 Å². The van der Waals surface area contributed by atoms with Crippen molar-refractivity contribution in [3.05, 3.63) is 89.0 Å². The Hall–Kier alpha value is -4.46. The van der Waals surface area contributed by atoms with Gasteiger partial charge in [0.05, 0.1) is 45.6 Å². The minimum absolute atomic E-state index is 0.0184. The third kappa shape index (κ3) is 4.45. The number of aliphatic hydroxyl groups is 1. The Kier molecular flexibility index (Phi) is 7.15. The number of para-hydroxylation sites is 1. The van der Waals surface area contributed by atoms with Crippen LogP contribution >= 0.6 is 0 Å². The molecule has 8 nitrogen and oxygen atoms in total. The quantitative estimate of drug-likeness (QED) is 0.286. The lowest BCUT2D eigenvalue weighted by Crippen LogP contribution is -2.29. The topological polar surface area (TPSA) is 94.5 Å². The van der Waals surface area contributed by atoms with Crippen molar-refractivity contribution in [1.82, 2.24) is 4.90 Å². The Balaban J connectivity index is 1.86. The second kappa shape index (κ2) is 10.4. The summed E-state index contributed by atoms with van der Waals surface area (Å²) in [5.74, 6) is 0.255. The first kappa shape index (κ1) is 24.7. The van der Waals surface area contributed by atoms with Crippen LogP contribution in [0.3, 0.4) is 0 Å². The number of nitrogens with zero attached hydrogens (tertiary/aromatic N) is 1. The van der Waals surface area contributed by atoms with Crippen molar-refractivity contribution < 1.29 is 33.6 Å². The van der Waals surface area contributed by atoms with Crippen LogP contribution < -0.4 is 18.9 Å². The van der Waals surface area contributed by atoms with Gasteiger partial charge in [0.1, 0.15) is 17.3 Å². The fourth-order valence-corrected chi connectivity index (χ4v) is 4.34. The van der Waals surface area contributed by atoms with Crippen LogP contribution in [0.25, 0.3) is 5.76 Å². The van der Waals surface area contributed by atoms with Crippen LogP contribution in [0.5, 0.6) is 23.0 Å². The molecule has 3 aromatic carbocycles. The molecule has 1 amide bonds. The van der Waals surface area contributed by atoms with Gasteiger partial charge in [-0.15, -0.1) is 0 Å². The molecule has 36 heavy (non-hydrogen) atoms. The van der Waals surface area contributed by atoms with Gasteiger partial charge >= 0.3 is 0 Å². The van der Waals surface area contributed by atoms with E-state index in [9.17, 15) is 14.7 Å². The molecule has 1 fully saturated rings. The number of ether oxygens (including phenoxy) is 4. The maximum atomic E-state index is 13.3. The smallest absolute Gasteiger partial charge is 0.295 e.